The number of aryl methyl sites for hydroxylation is 1. The molecule has 196 valence electrons. The number of nitrogens with zero attached hydrogens (tertiary/aromatic N) is 5. The van der Waals surface area contributed by atoms with Gasteiger partial charge in [0.1, 0.15) is 34.3 Å². The maximum Gasteiger partial charge on any atom is 0.269 e. The molecule has 0 saturated heterocycles. The van der Waals surface area contributed by atoms with E-state index in [1.807, 2.05) is 25.3 Å². The topological polar surface area (TPSA) is 124 Å². The summed E-state index contributed by atoms with van der Waals surface area (Å²) in [7, 11) is 1.67. The third-order valence-corrected chi connectivity index (χ3v) is 7.02. The quantitative estimate of drug-likeness (QED) is 0.292. The van der Waals surface area contributed by atoms with Gasteiger partial charge in [0, 0.05) is 29.5 Å². The van der Waals surface area contributed by atoms with Crippen molar-refractivity contribution in [2.45, 2.75) is 31.9 Å². The lowest BCUT2D eigenvalue weighted by molar-refractivity contribution is 0.0485. The van der Waals surface area contributed by atoms with Gasteiger partial charge in [0.05, 0.1) is 23.3 Å². The van der Waals surface area contributed by atoms with E-state index in [2.05, 4.69) is 15.4 Å². The van der Waals surface area contributed by atoms with Gasteiger partial charge in [-0.2, -0.15) is 5.10 Å². The third kappa shape index (κ3) is 4.83. The number of amides is 1. The highest BCUT2D eigenvalue weighted by molar-refractivity contribution is 7.07. The van der Waals surface area contributed by atoms with E-state index in [9.17, 15) is 14.3 Å². The predicted octanol–water partition coefficient (Wildman–Crippen LogP) is 3.85. The highest BCUT2D eigenvalue weighted by atomic mass is 32.1. The summed E-state index contributed by atoms with van der Waals surface area (Å²) in [5, 5.41) is 20.9. The number of hydrogen-bond donors (Lipinski definition) is 3. The highest BCUT2D eigenvalue weighted by Gasteiger charge is 2.30. The van der Waals surface area contributed by atoms with Crippen LogP contribution in [0.2, 0.25) is 0 Å². The van der Waals surface area contributed by atoms with Gasteiger partial charge in [-0.25, -0.2) is 14.4 Å². The number of benzene rings is 1. The molecule has 5 rings (SSSR count). The first-order valence-electron chi connectivity index (χ1n) is 11.9. The molecule has 0 fully saturated rings. The minimum atomic E-state index is -1.55. The van der Waals surface area contributed by atoms with E-state index in [1.165, 1.54) is 22.1 Å². The maximum absolute atomic E-state index is 14.3. The van der Waals surface area contributed by atoms with Crippen molar-refractivity contribution in [1.29, 1.82) is 0 Å². The van der Waals surface area contributed by atoms with Gasteiger partial charge in [-0.1, -0.05) is 6.07 Å². The summed E-state index contributed by atoms with van der Waals surface area (Å²) in [6.07, 6.45) is 1.73. The third-order valence-electron chi connectivity index (χ3n) is 6.43. The molecule has 0 aliphatic carbocycles. The molecular formula is C27H28FN7O2S. The lowest BCUT2D eigenvalue weighted by Gasteiger charge is -2.27. The number of carbonyl (C=O) groups is 1. The van der Waals surface area contributed by atoms with E-state index < -0.39 is 17.0 Å². The standard InChI is InChI=1S/C27H28FN7O2S/c1-26(2,29)16-10-23(32-24(11-16)35-9-8-17-18(28)6-5-7-21(17)35)27(3,37)14-30-25(36)22-12-19(33-34(22)4)20-13-38-15-31-20/h5-13,15,37H,14,29H2,1-4H3,(H,30,36). The number of rotatable bonds is 7. The number of hydrogen-bond acceptors (Lipinski definition) is 7. The number of pyridine rings is 1. The lowest BCUT2D eigenvalue weighted by Crippen LogP contribution is -2.40. The van der Waals surface area contributed by atoms with Crippen LogP contribution in [-0.2, 0) is 18.2 Å². The van der Waals surface area contributed by atoms with Gasteiger partial charge < -0.3 is 20.7 Å². The summed E-state index contributed by atoms with van der Waals surface area (Å²) >= 11 is 1.44. The van der Waals surface area contributed by atoms with E-state index in [0.29, 0.717) is 39.5 Å². The predicted molar refractivity (Wildman–Crippen MR) is 144 cm³/mol. The molecule has 11 heteroatoms. The first-order chi connectivity index (χ1) is 17.9. The summed E-state index contributed by atoms with van der Waals surface area (Å²) in [4.78, 5) is 21.9. The van der Waals surface area contributed by atoms with Gasteiger partial charge >= 0.3 is 0 Å². The fourth-order valence-electron chi connectivity index (χ4n) is 4.19. The molecule has 0 bridgehead atoms. The van der Waals surface area contributed by atoms with Crippen molar-refractivity contribution in [3.8, 4) is 17.2 Å². The molecule has 4 heterocycles. The number of thiazole rings is 1. The molecule has 1 amide bonds. The molecule has 0 spiro atoms. The van der Waals surface area contributed by atoms with Crippen LogP contribution < -0.4 is 11.1 Å². The van der Waals surface area contributed by atoms with Gasteiger partial charge in [-0.05, 0) is 62.7 Å². The monoisotopic (exact) mass is 533 g/mol. The van der Waals surface area contributed by atoms with E-state index in [4.69, 9.17) is 10.7 Å². The average molecular weight is 534 g/mol. The maximum atomic E-state index is 14.3. The van der Waals surface area contributed by atoms with Crippen LogP contribution in [0.1, 0.15) is 42.5 Å². The van der Waals surface area contributed by atoms with Crippen molar-refractivity contribution >= 4 is 28.1 Å². The van der Waals surface area contributed by atoms with Gasteiger partial charge in [0.25, 0.3) is 5.91 Å². The second-order valence-corrected chi connectivity index (χ2v) is 10.8. The Morgan fingerprint density at radius 2 is 1.97 bits per heavy atom. The molecule has 0 radical (unpaired) electrons. The van der Waals surface area contributed by atoms with E-state index in [1.54, 1.807) is 60.6 Å². The minimum absolute atomic E-state index is 0.120. The summed E-state index contributed by atoms with van der Waals surface area (Å²) in [5.74, 6) is -0.258. The molecule has 4 aromatic heterocycles. The summed E-state index contributed by atoms with van der Waals surface area (Å²) in [6.45, 7) is 5.15. The number of aromatic nitrogens is 5. The van der Waals surface area contributed by atoms with Crippen molar-refractivity contribution in [2.24, 2.45) is 12.8 Å². The minimum Gasteiger partial charge on any atom is -0.382 e. The van der Waals surface area contributed by atoms with Crippen LogP contribution >= 0.6 is 11.3 Å². The van der Waals surface area contributed by atoms with Crippen LogP contribution in [0.5, 0.6) is 0 Å². The van der Waals surface area contributed by atoms with E-state index in [0.717, 1.165) is 5.56 Å². The summed E-state index contributed by atoms with van der Waals surface area (Å²) in [6, 6.07) is 11.7. The van der Waals surface area contributed by atoms with Gasteiger partial charge in [-0.3, -0.25) is 9.48 Å². The van der Waals surface area contributed by atoms with Gasteiger partial charge in [0.2, 0.25) is 0 Å². The van der Waals surface area contributed by atoms with Crippen molar-refractivity contribution in [3.05, 3.63) is 82.3 Å². The molecule has 1 unspecified atom stereocenters. The van der Waals surface area contributed by atoms with Crippen molar-refractivity contribution in [2.75, 3.05) is 6.54 Å². The van der Waals surface area contributed by atoms with Crippen LogP contribution in [0.4, 0.5) is 4.39 Å². The van der Waals surface area contributed by atoms with Crippen LogP contribution in [0, 0.1) is 5.82 Å². The molecule has 9 nitrogen and oxygen atoms in total. The summed E-state index contributed by atoms with van der Waals surface area (Å²) in [5.41, 5.74) is 9.11. The van der Waals surface area contributed by atoms with Crippen molar-refractivity contribution < 1.29 is 14.3 Å². The number of aliphatic hydroxyl groups is 1. The number of fused-ring (bicyclic) bond motifs is 1. The average Bonchev–Trinajstić information content (AvgIpc) is 3.62. The van der Waals surface area contributed by atoms with Crippen molar-refractivity contribution in [3.63, 3.8) is 0 Å². The van der Waals surface area contributed by atoms with Crippen molar-refractivity contribution in [1.82, 2.24) is 29.6 Å². The Hall–Kier alpha value is -3.93. The number of halogens is 1. The number of nitrogens with two attached hydrogens (primary N) is 1. The first-order valence-corrected chi connectivity index (χ1v) is 12.9. The second-order valence-electron chi connectivity index (χ2n) is 10.0. The zero-order chi connectivity index (χ0) is 27.2. The molecule has 0 aliphatic heterocycles. The molecule has 0 aliphatic rings. The molecule has 38 heavy (non-hydrogen) atoms. The Kier molecular flexibility index (Phi) is 6.38. The smallest absolute Gasteiger partial charge is 0.269 e. The van der Waals surface area contributed by atoms with Gasteiger partial charge in [0.15, 0.2) is 0 Å². The molecule has 4 N–H and O–H groups in total. The Bertz CT molecular complexity index is 1630. The zero-order valence-electron chi connectivity index (χ0n) is 21.4. The highest BCUT2D eigenvalue weighted by Crippen LogP contribution is 2.29. The fourth-order valence-corrected chi connectivity index (χ4v) is 4.74. The Morgan fingerprint density at radius 3 is 2.68 bits per heavy atom. The van der Waals surface area contributed by atoms with Crippen LogP contribution in [0.25, 0.3) is 28.1 Å². The zero-order valence-corrected chi connectivity index (χ0v) is 22.3. The normalized spacial score (nSPS) is 13.6. The largest absolute Gasteiger partial charge is 0.382 e. The SMILES string of the molecule is Cn1nc(-c2cscn2)cc1C(=O)NCC(C)(O)c1cc(C(C)(C)N)cc(-n2ccc3c(F)cccc32)n1. The lowest BCUT2D eigenvalue weighted by atomic mass is 9.92. The number of carbonyl (C=O) groups excluding carboxylic acids is 1. The van der Waals surface area contributed by atoms with Crippen LogP contribution in [0.15, 0.2) is 59.6 Å². The Morgan fingerprint density at radius 1 is 1.18 bits per heavy atom. The van der Waals surface area contributed by atoms with Crippen LogP contribution in [-0.4, -0.2) is 41.9 Å². The first kappa shape index (κ1) is 25.7. The van der Waals surface area contributed by atoms with E-state index >= 15 is 0 Å². The molecule has 0 saturated carbocycles. The fraction of sp³-hybridized carbons (Fsp3) is 0.259. The van der Waals surface area contributed by atoms with E-state index in [-0.39, 0.29) is 12.4 Å². The van der Waals surface area contributed by atoms with Crippen LogP contribution in [0.3, 0.4) is 0 Å². The van der Waals surface area contributed by atoms with Gasteiger partial charge in [-0.15, -0.1) is 11.3 Å². The molecule has 1 atom stereocenters. The Labute approximate surface area is 222 Å². The summed E-state index contributed by atoms with van der Waals surface area (Å²) < 4.78 is 17.6. The Balaban J connectivity index is 1.46. The molecule has 1 aromatic carbocycles. The number of nitrogens with one attached hydrogen (secondary N) is 1. The molecular weight excluding hydrogens is 505 g/mol. The second kappa shape index (κ2) is 9.43. The molecule has 5 aromatic rings.